The van der Waals surface area contributed by atoms with Gasteiger partial charge in [-0.25, -0.2) is 4.39 Å². The SMILES string of the molecule is C[C@@H](CO)NC(=O)c1cc(F)ccc1[N+](=O)[O-]. The number of benzene rings is 1. The zero-order chi connectivity index (χ0) is 13.0. The molecule has 7 heteroatoms. The highest BCUT2D eigenvalue weighted by Crippen LogP contribution is 2.19. The van der Waals surface area contributed by atoms with E-state index in [1.807, 2.05) is 0 Å². The molecule has 1 amide bonds. The minimum Gasteiger partial charge on any atom is -0.394 e. The molecule has 0 heterocycles. The lowest BCUT2D eigenvalue weighted by Crippen LogP contribution is -2.35. The molecule has 1 rings (SSSR count). The minimum absolute atomic E-state index is 0.311. The predicted molar refractivity (Wildman–Crippen MR) is 57.1 cm³/mol. The van der Waals surface area contributed by atoms with E-state index in [-0.39, 0.29) is 12.2 Å². The largest absolute Gasteiger partial charge is 0.394 e. The molecule has 2 N–H and O–H groups in total. The fourth-order valence-electron chi connectivity index (χ4n) is 1.20. The monoisotopic (exact) mass is 242 g/mol. The van der Waals surface area contributed by atoms with Crippen LogP contribution in [0.1, 0.15) is 17.3 Å². The maximum Gasteiger partial charge on any atom is 0.282 e. The standard InChI is InChI=1S/C10H11FN2O4/c1-6(5-14)12-10(15)8-4-7(11)2-3-9(8)13(16)17/h2-4,6,14H,5H2,1H3,(H,12,15)/t6-/m0/s1. The van der Waals surface area contributed by atoms with Crippen molar-refractivity contribution < 1.29 is 19.2 Å². The number of aliphatic hydroxyl groups is 1. The van der Waals surface area contributed by atoms with Gasteiger partial charge in [0.15, 0.2) is 0 Å². The van der Waals surface area contributed by atoms with Crippen LogP contribution in [0.4, 0.5) is 10.1 Å². The van der Waals surface area contributed by atoms with Crippen LogP contribution in [0.3, 0.4) is 0 Å². The molecule has 0 unspecified atom stereocenters. The maximum atomic E-state index is 12.9. The van der Waals surface area contributed by atoms with Gasteiger partial charge in [-0.3, -0.25) is 14.9 Å². The Labute approximate surface area is 96.2 Å². The van der Waals surface area contributed by atoms with Crippen LogP contribution in [0, 0.1) is 15.9 Å². The van der Waals surface area contributed by atoms with Gasteiger partial charge in [-0.1, -0.05) is 0 Å². The van der Waals surface area contributed by atoms with Crippen molar-refractivity contribution in [1.29, 1.82) is 0 Å². The van der Waals surface area contributed by atoms with Gasteiger partial charge in [0.05, 0.1) is 11.5 Å². The molecule has 0 aliphatic heterocycles. The molecule has 0 saturated heterocycles. The van der Waals surface area contributed by atoms with Crippen LogP contribution in [-0.2, 0) is 0 Å². The van der Waals surface area contributed by atoms with E-state index in [0.717, 1.165) is 18.2 Å². The van der Waals surface area contributed by atoms with Crippen LogP contribution in [0.5, 0.6) is 0 Å². The van der Waals surface area contributed by atoms with Crippen molar-refractivity contribution in [2.24, 2.45) is 0 Å². The van der Waals surface area contributed by atoms with Crippen LogP contribution in [-0.4, -0.2) is 28.6 Å². The van der Waals surface area contributed by atoms with E-state index in [1.165, 1.54) is 6.92 Å². The number of rotatable bonds is 4. The Morgan fingerprint density at radius 3 is 2.82 bits per heavy atom. The molecule has 6 nitrogen and oxygen atoms in total. The zero-order valence-corrected chi connectivity index (χ0v) is 9.01. The Balaban J connectivity index is 3.06. The summed E-state index contributed by atoms with van der Waals surface area (Å²) in [6, 6.07) is 2.06. The van der Waals surface area contributed by atoms with Crippen molar-refractivity contribution in [2.75, 3.05) is 6.61 Å². The first-order chi connectivity index (χ1) is 7.95. The third-order valence-electron chi connectivity index (χ3n) is 2.05. The zero-order valence-electron chi connectivity index (χ0n) is 9.01. The summed E-state index contributed by atoms with van der Waals surface area (Å²) in [4.78, 5) is 21.5. The number of nitrogens with one attached hydrogen (secondary N) is 1. The number of carbonyl (C=O) groups excluding carboxylic acids is 1. The van der Waals surface area contributed by atoms with Crippen LogP contribution in [0.2, 0.25) is 0 Å². The summed E-state index contributed by atoms with van der Waals surface area (Å²) in [6.07, 6.45) is 0. The fraction of sp³-hybridized carbons (Fsp3) is 0.300. The van der Waals surface area contributed by atoms with Gasteiger partial charge in [-0.15, -0.1) is 0 Å². The second kappa shape index (κ2) is 5.35. The highest BCUT2D eigenvalue weighted by atomic mass is 19.1. The van der Waals surface area contributed by atoms with Gasteiger partial charge in [0, 0.05) is 12.1 Å². The quantitative estimate of drug-likeness (QED) is 0.604. The summed E-state index contributed by atoms with van der Waals surface area (Å²) >= 11 is 0. The smallest absolute Gasteiger partial charge is 0.282 e. The Morgan fingerprint density at radius 2 is 2.29 bits per heavy atom. The lowest BCUT2D eigenvalue weighted by Gasteiger charge is -2.10. The molecule has 0 saturated carbocycles. The maximum absolute atomic E-state index is 12.9. The van der Waals surface area contributed by atoms with Gasteiger partial charge in [-0.05, 0) is 19.1 Å². The number of nitrogens with zero attached hydrogens (tertiary/aromatic N) is 1. The molecule has 0 bridgehead atoms. The van der Waals surface area contributed by atoms with E-state index in [2.05, 4.69) is 5.32 Å². The van der Waals surface area contributed by atoms with Crippen LogP contribution in [0.25, 0.3) is 0 Å². The Hall–Kier alpha value is -2.02. The van der Waals surface area contributed by atoms with Crippen LogP contribution in [0.15, 0.2) is 18.2 Å². The summed E-state index contributed by atoms with van der Waals surface area (Å²) in [5, 5.41) is 21.7. The lowest BCUT2D eigenvalue weighted by molar-refractivity contribution is -0.385. The summed E-state index contributed by atoms with van der Waals surface area (Å²) in [5.74, 6) is -1.53. The molecule has 0 radical (unpaired) electrons. The second-order valence-corrected chi connectivity index (χ2v) is 3.48. The highest BCUT2D eigenvalue weighted by Gasteiger charge is 2.21. The second-order valence-electron chi connectivity index (χ2n) is 3.48. The third-order valence-corrected chi connectivity index (χ3v) is 2.05. The number of nitro groups is 1. The van der Waals surface area contributed by atoms with Gasteiger partial charge >= 0.3 is 0 Å². The van der Waals surface area contributed by atoms with E-state index < -0.39 is 28.4 Å². The number of halogens is 1. The molecule has 92 valence electrons. The topological polar surface area (TPSA) is 92.5 Å². The normalized spacial score (nSPS) is 11.9. The Kier molecular flexibility index (Phi) is 4.11. The molecule has 1 aromatic carbocycles. The molecule has 1 atom stereocenters. The van der Waals surface area contributed by atoms with Crippen molar-refractivity contribution in [2.45, 2.75) is 13.0 Å². The van der Waals surface area contributed by atoms with Crippen LogP contribution < -0.4 is 5.32 Å². The van der Waals surface area contributed by atoms with Crippen molar-refractivity contribution in [3.8, 4) is 0 Å². The number of nitro benzene ring substituents is 1. The van der Waals surface area contributed by atoms with E-state index in [4.69, 9.17) is 5.11 Å². The number of hydrogen-bond acceptors (Lipinski definition) is 4. The van der Waals surface area contributed by atoms with Crippen molar-refractivity contribution in [3.05, 3.63) is 39.7 Å². The summed E-state index contributed by atoms with van der Waals surface area (Å²) in [6.45, 7) is 1.21. The number of hydrogen-bond donors (Lipinski definition) is 2. The first-order valence-electron chi connectivity index (χ1n) is 4.81. The van der Waals surface area contributed by atoms with E-state index in [0.29, 0.717) is 0 Å². The molecule has 0 aromatic heterocycles. The Bertz CT molecular complexity index is 450. The lowest BCUT2D eigenvalue weighted by atomic mass is 10.1. The van der Waals surface area contributed by atoms with Gasteiger partial charge in [0.1, 0.15) is 11.4 Å². The van der Waals surface area contributed by atoms with E-state index in [1.54, 1.807) is 0 Å². The summed E-state index contributed by atoms with van der Waals surface area (Å²) in [5.41, 5.74) is -0.843. The van der Waals surface area contributed by atoms with E-state index in [9.17, 15) is 19.3 Å². The number of amides is 1. The molecule has 1 aromatic rings. The van der Waals surface area contributed by atoms with Crippen LogP contribution >= 0.6 is 0 Å². The first kappa shape index (κ1) is 13.0. The van der Waals surface area contributed by atoms with Gasteiger partial charge in [0.2, 0.25) is 0 Å². The Morgan fingerprint density at radius 1 is 1.65 bits per heavy atom. The minimum atomic E-state index is -0.794. The van der Waals surface area contributed by atoms with Crippen molar-refractivity contribution in [1.82, 2.24) is 5.32 Å². The molecule has 0 fully saturated rings. The first-order valence-corrected chi connectivity index (χ1v) is 4.81. The average Bonchev–Trinajstić information content (AvgIpc) is 2.28. The fourth-order valence-corrected chi connectivity index (χ4v) is 1.20. The molecular formula is C10H11FN2O4. The van der Waals surface area contributed by atoms with Gasteiger partial charge in [0.25, 0.3) is 11.6 Å². The molecule has 0 aliphatic rings. The molecule has 0 aliphatic carbocycles. The average molecular weight is 242 g/mol. The molecule has 17 heavy (non-hydrogen) atoms. The highest BCUT2D eigenvalue weighted by molar-refractivity contribution is 5.98. The van der Waals surface area contributed by atoms with Gasteiger partial charge < -0.3 is 10.4 Å². The van der Waals surface area contributed by atoms with E-state index >= 15 is 0 Å². The van der Waals surface area contributed by atoms with Crippen molar-refractivity contribution >= 4 is 11.6 Å². The molecular weight excluding hydrogens is 231 g/mol. The number of carbonyl (C=O) groups is 1. The third kappa shape index (κ3) is 3.22. The number of aliphatic hydroxyl groups excluding tert-OH is 1. The van der Waals surface area contributed by atoms with Crippen molar-refractivity contribution in [3.63, 3.8) is 0 Å². The summed E-state index contributed by atoms with van der Waals surface area (Å²) in [7, 11) is 0. The summed E-state index contributed by atoms with van der Waals surface area (Å²) < 4.78 is 12.9. The van der Waals surface area contributed by atoms with Gasteiger partial charge in [-0.2, -0.15) is 0 Å². The predicted octanol–water partition coefficient (Wildman–Crippen LogP) is 0.845. The molecule has 0 spiro atoms.